The van der Waals surface area contributed by atoms with E-state index in [9.17, 15) is 4.79 Å². The molecular weight excluding hydrogens is 328 g/mol. The summed E-state index contributed by atoms with van der Waals surface area (Å²) in [6.07, 6.45) is 4.72. The summed E-state index contributed by atoms with van der Waals surface area (Å²) in [5, 5.41) is 3.23. The van der Waals surface area contributed by atoms with Gasteiger partial charge in [-0.25, -0.2) is 0 Å². The fourth-order valence-electron chi connectivity index (χ4n) is 3.28. The molecule has 2 rings (SSSR count). The predicted octanol–water partition coefficient (Wildman–Crippen LogP) is 4.37. The van der Waals surface area contributed by atoms with E-state index in [0.29, 0.717) is 17.2 Å². The van der Waals surface area contributed by atoms with Gasteiger partial charge in [-0.3, -0.25) is 4.79 Å². The minimum Gasteiger partial charge on any atom is -0.398 e. The lowest BCUT2D eigenvalue weighted by Crippen LogP contribution is -2.46. The Bertz CT molecular complexity index is 522. The van der Waals surface area contributed by atoms with Crippen molar-refractivity contribution < 1.29 is 4.79 Å². The van der Waals surface area contributed by atoms with Gasteiger partial charge in [-0.15, -0.1) is 0 Å². The fraction of sp³-hybridized carbons (Fsp3) is 0.588. The van der Waals surface area contributed by atoms with Crippen molar-refractivity contribution in [2.45, 2.75) is 52.5 Å². The molecule has 0 bridgehead atoms. The molecule has 1 amide bonds. The first-order valence-corrected chi connectivity index (χ1v) is 8.44. The van der Waals surface area contributed by atoms with E-state index in [1.54, 1.807) is 6.07 Å². The van der Waals surface area contributed by atoms with E-state index < -0.39 is 0 Å². The third-order valence-corrected chi connectivity index (χ3v) is 5.18. The van der Waals surface area contributed by atoms with Crippen molar-refractivity contribution in [1.82, 2.24) is 5.32 Å². The molecule has 4 heteroatoms. The lowest BCUT2D eigenvalue weighted by Gasteiger charge is -2.40. The lowest BCUT2D eigenvalue weighted by atomic mass is 9.69. The summed E-state index contributed by atoms with van der Waals surface area (Å²) < 4.78 is 0.823. The van der Waals surface area contributed by atoms with E-state index >= 15 is 0 Å². The second kappa shape index (κ2) is 6.39. The minimum atomic E-state index is -0.0182. The molecule has 0 saturated heterocycles. The first-order valence-electron chi connectivity index (χ1n) is 7.65. The average molecular weight is 353 g/mol. The Morgan fingerprint density at radius 1 is 1.29 bits per heavy atom. The van der Waals surface area contributed by atoms with Crippen molar-refractivity contribution in [3.63, 3.8) is 0 Å². The smallest absolute Gasteiger partial charge is 0.251 e. The molecule has 21 heavy (non-hydrogen) atoms. The number of halogens is 1. The number of nitrogens with two attached hydrogens (primary N) is 1. The molecule has 0 heterocycles. The fourth-order valence-corrected chi connectivity index (χ4v) is 3.52. The Morgan fingerprint density at radius 3 is 2.57 bits per heavy atom. The summed E-state index contributed by atoms with van der Waals surface area (Å²) in [6, 6.07) is 5.63. The summed E-state index contributed by atoms with van der Waals surface area (Å²) >= 11 is 3.36. The predicted molar refractivity (Wildman–Crippen MR) is 91.2 cm³/mol. The number of rotatable bonds is 2. The third-order valence-electron chi connectivity index (χ3n) is 4.45. The molecule has 1 aliphatic carbocycles. The van der Waals surface area contributed by atoms with Crippen molar-refractivity contribution in [3.8, 4) is 0 Å². The van der Waals surface area contributed by atoms with E-state index in [2.05, 4.69) is 42.0 Å². The summed E-state index contributed by atoms with van der Waals surface area (Å²) in [5.74, 6) is 0.512. The van der Waals surface area contributed by atoms with Crippen molar-refractivity contribution in [3.05, 3.63) is 28.2 Å². The zero-order chi connectivity index (χ0) is 15.6. The highest BCUT2D eigenvalue weighted by atomic mass is 79.9. The number of amides is 1. The Kier molecular flexibility index (Phi) is 4.97. The number of hydrogen-bond donors (Lipinski definition) is 2. The Balaban J connectivity index is 2.11. The lowest BCUT2D eigenvalue weighted by molar-refractivity contribution is 0.0830. The highest BCUT2D eigenvalue weighted by Gasteiger charge is 2.34. The van der Waals surface area contributed by atoms with Gasteiger partial charge in [0.05, 0.1) is 0 Å². The normalized spacial score (nSPS) is 22.9. The van der Waals surface area contributed by atoms with Gasteiger partial charge in [0, 0.05) is 21.8 Å². The Hall–Kier alpha value is -1.03. The largest absolute Gasteiger partial charge is 0.398 e. The van der Waals surface area contributed by atoms with Crippen molar-refractivity contribution in [2.24, 2.45) is 11.3 Å². The molecule has 1 saturated carbocycles. The van der Waals surface area contributed by atoms with Crippen LogP contribution in [0.1, 0.15) is 56.8 Å². The molecule has 0 aromatic heterocycles. The Labute approximate surface area is 135 Å². The zero-order valence-corrected chi connectivity index (χ0v) is 14.7. The maximum absolute atomic E-state index is 12.5. The van der Waals surface area contributed by atoms with Crippen LogP contribution in [0, 0.1) is 11.3 Å². The second-order valence-electron chi connectivity index (χ2n) is 7.07. The number of carbonyl (C=O) groups excluding carboxylic acids is 1. The van der Waals surface area contributed by atoms with Gasteiger partial charge in [0.1, 0.15) is 0 Å². The SMILES string of the molecule is CC(C)(C)C1CCCCC1NC(=O)c1ccc(Br)c(N)c1. The number of benzene rings is 1. The first kappa shape index (κ1) is 16.3. The molecule has 116 valence electrons. The summed E-state index contributed by atoms with van der Waals surface area (Å²) in [5.41, 5.74) is 7.31. The van der Waals surface area contributed by atoms with Crippen LogP contribution < -0.4 is 11.1 Å². The summed E-state index contributed by atoms with van der Waals surface area (Å²) in [4.78, 5) is 12.5. The number of nitrogens with one attached hydrogen (secondary N) is 1. The van der Waals surface area contributed by atoms with Crippen molar-refractivity contribution >= 4 is 27.5 Å². The van der Waals surface area contributed by atoms with Crippen molar-refractivity contribution in [1.29, 1.82) is 0 Å². The van der Waals surface area contributed by atoms with Gasteiger partial charge >= 0.3 is 0 Å². The molecule has 1 aliphatic rings. The van der Waals surface area contributed by atoms with Gasteiger partial charge in [0.2, 0.25) is 0 Å². The average Bonchev–Trinajstić information content (AvgIpc) is 2.41. The topological polar surface area (TPSA) is 55.1 Å². The minimum absolute atomic E-state index is 0.0182. The highest BCUT2D eigenvalue weighted by Crippen LogP contribution is 2.38. The van der Waals surface area contributed by atoms with Gasteiger partial charge in [-0.05, 0) is 58.3 Å². The van der Waals surface area contributed by atoms with Gasteiger partial charge in [-0.2, -0.15) is 0 Å². The highest BCUT2D eigenvalue weighted by molar-refractivity contribution is 9.10. The number of hydrogen-bond acceptors (Lipinski definition) is 2. The van der Waals surface area contributed by atoms with Crippen LogP contribution in [0.3, 0.4) is 0 Å². The van der Waals surface area contributed by atoms with E-state index in [0.717, 1.165) is 10.9 Å². The molecule has 2 atom stereocenters. The Morgan fingerprint density at radius 2 is 1.95 bits per heavy atom. The molecule has 1 aromatic carbocycles. The monoisotopic (exact) mass is 352 g/mol. The molecule has 0 aliphatic heterocycles. The summed E-state index contributed by atoms with van der Waals surface area (Å²) in [7, 11) is 0. The third kappa shape index (κ3) is 4.00. The van der Waals surface area contributed by atoms with E-state index in [4.69, 9.17) is 5.73 Å². The maximum Gasteiger partial charge on any atom is 0.251 e. The number of anilines is 1. The van der Waals surface area contributed by atoms with Gasteiger partial charge in [0.25, 0.3) is 5.91 Å². The molecule has 1 aromatic rings. The van der Waals surface area contributed by atoms with Gasteiger partial charge < -0.3 is 11.1 Å². The number of nitrogen functional groups attached to an aromatic ring is 1. The maximum atomic E-state index is 12.5. The molecule has 0 spiro atoms. The van der Waals surface area contributed by atoms with Crippen LogP contribution in [0.15, 0.2) is 22.7 Å². The molecule has 0 radical (unpaired) electrons. The van der Waals surface area contributed by atoms with Gasteiger partial charge in [0.15, 0.2) is 0 Å². The van der Waals surface area contributed by atoms with Crippen LogP contribution in [0.25, 0.3) is 0 Å². The summed E-state index contributed by atoms with van der Waals surface area (Å²) in [6.45, 7) is 6.79. The van der Waals surface area contributed by atoms with Gasteiger partial charge in [-0.1, -0.05) is 33.6 Å². The molecule has 1 fully saturated rings. The van der Waals surface area contributed by atoms with Crippen LogP contribution in [0.5, 0.6) is 0 Å². The van der Waals surface area contributed by atoms with Crippen LogP contribution in [0.2, 0.25) is 0 Å². The van der Waals surface area contributed by atoms with Crippen LogP contribution >= 0.6 is 15.9 Å². The first-order chi connectivity index (χ1) is 9.79. The van der Waals surface area contributed by atoms with Crippen LogP contribution in [-0.4, -0.2) is 11.9 Å². The zero-order valence-electron chi connectivity index (χ0n) is 13.1. The number of carbonyl (C=O) groups is 1. The molecule has 2 unspecified atom stereocenters. The molecule has 3 nitrogen and oxygen atoms in total. The van der Waals surface area contributed by atoms with Crippen molar-refractivity contribution in [2.75, 3.05) is 5.73 Å². The molecular formula is C17H25BrN2O. The van der Waals surface area contributed by atoms with Crippen LogP contribution in [0.4, 0.5) is 5.69 Å². The van der Waals surface area contributed by atoms with E-state index in [-0.39, 0.29) is 17.4 Å². The van der Waals surface area contributed by atoms with E-state index in [1.165, 1.54) is 19.3 Å². The second-order valence-corrected chi connectivity index (χ2v) is 7.93. The molecule has 3 N–H and O–H groups in total. The standard InChI is InChI=1S/C17H25BrN2O/c1-17(2,3)12-6-4-5-7-15(12)20-16(21)11-8-9-13(18)14(19)10-11/h8-10,12,15H,4-7,19H2,1-3H3,(H,20,21). The quantitative estimate of drug-likeness (QED) is 0.776. The van der Waals surface area contributed by atoms with Crippen LogP contribution in [-0.2, 0) is 0 Å². The van der Waals surface area contributed by atoms with E-state index in [1.807, 2.05) is 12.1 Å².